The number of nitrogens with one attached hydrogen (secondary N) is 1. The number of hydrazone groups is 1. The minimum absolute atomic E-state index is 0.475. The normalized spacial score (nSPS) is 10.9. The Bertz CT molecular complexity index is 559. The molecular weight excluding hydrogens is 303 g/mol. The Kier molecular flexibility index (Phi) is 5.08. The largest absolute Gasteiger partial charge is 0.306 e. The third-order valence-electron chi connectivity index (χ3n) is 2.49. The predicted molar refractivity (Wildman–Crippen MR) is 82.3 cm³/mol. The number of hydrogen-bond acceptors (Lipinski definition) is 2. The Morgan fingerprint density at radius 3 is 2.21 bits per heavy atom. The fourth-order valence-corrected chi connectivity index (χ4v) is 2.15. The number of rotatable bonds is 4. The van der Waals surface area contributed by atoms with Crippen LogP contribution in [0.1, 0.15) is 11.1 Å². The minimum Gasteiger partial charge on any atom is -0.306 e. The Hall–Kier alpha value is -1.22. The van der Waals surface area contributed by atoms with Crippen molar-refractivity contribution in [3.05, 3.63) is 68.7 Å². The monoisotopic (exact) mass is 312 g/mol. The van der Waals surface area contributed by atoms with Gasteiger partial charge in [0.25, 0.3) is 0 Å². The predicted octanol–water partition coefficient (Wildman–Crippen LogP) is 4.77. The average Bonchev–Trinajstić information content (AvgIpc) is 2.39. The van der Waals surface area contributed by atoms with Crippen molar-refractivity contribution in [2.45, 2.75) is 6.54 Å². The molecule has 0 aliphatic rings. The van der Waals surface area contributed by atoms with Crippen molar-refractivity contribution in [1.82, 2.24) is 5.43 Å². The summed E-state index contributed by atoms with van der Waals surface area (Å²) in [6, 6.07) is 12.8. The molecule has 0 heterocycles. The Balaban J connectivity index is 1.95. The maximum absolute atomic E-state index is 6.05. The molecule has 0 bridgehead atoms. The maximum Gasteiger partial charge on any atom is 0.0609 e. The lowest BCUT2D eigenvalue weighted by atomic mass is 10.2. The Morgan fingerprint density at radius 1 is 0.947 bits per heavy atom. The summed E-state index contributed by atoms with van der Waals surface area (Å²) < 4.78 is 0. The van der Waals surface area contributed by atoms with E-state index in [1.54, 1.807) is 18.3 Å². The number of halogens is 3. The molecule has 0 saturated carbocycles. The van der Waals surface area contributed by atoms with E-state index >= 15 is 0 Å². The van der Waals surface area contributed by atoms with Crippen molar-refractivity contribution in [2.24, 2.45) is 5.10 Å². The maximum atomic E-state index is 6.05. The first-order valence-corrected chi connectivity index (χ1v) is 6.74. The first kappa shape index (κ1) is 14.2. The third-order valence-corrected chi connectivity index (χ3v) is 3.45. The zero-order valence-electron chi connectivity index (χ0n) is 9.91. The molecule has 2 aromatic carbocycles. The SMILES string of the molecule is Clc1ccc(/C=N/NCc2c(Cl)cccc2Cl)cc1. The van der Waals surface area contributed by atoms with Crippen molar-refractivity contribution in [2.75, 3.05) is 0 Å². The van der Waals surface area contributed by atoms with Gasteiger partial charge >= 0.3 is 0 Å². The summed E-state index contributed by atoms with van der Waals surface area (Å²) in [6.07, 6.45) is 1.71. The second-order valence-electron chi connectivity index (χ2n) is 3.84. The highest BCUT2D eigenvalue weighted by molar-refractivity contribution is 6.36. The van der Waals surface area contributed by atoms with Gasteiger partial charge in [-0.05, 0) is 29.8 Å². The fraction of sp³-hybridized carbons (Fsp3) is 0.0714. The van der Waals surface area contributed by atoms with E-state index in [0.717, 1.165) is 11.1 Å². The first-order chi connectivity index (χ1) is 9.16. The Labute approximate surface area is 127 Å². The molecule has 0 aromatic heterocycles. The lowest BCUT2D eigenvalue weighted by molar-refractivity contribution is 0.748. The van der Waals surface area contributed by atoms with Crippen molar-refractivity contribution in [3.8, 4) is 0 Å². The van der Waals surface area contributed by atoms with Crippen LogP contribution in [0.3, 0.4) is 0 Å². The molecule has 0 amide bonds. The van der Waals surface area contributed by atoms with Crippen molar-refractivity contribution < 1.29 is 0 Å². The van der Waals surface area contributed by atoms with E-state index in [1.807, 2.05) is 30.3 Å². The van der Waals surface area contributed by atoms with Crippen molar-refractivity contribution in [1.29, 1.82) is 0 Å². The molecule has 0 atom stereocenters. The van der Waals surface area contributed by atoms with Crippen LogP contribution in [-0.2, 0) is 6.54 Å². The molecule has 0 aliphatic heterocycles. The number of nitrogens with zero attached hydrogens (tertiary/aromatic N) is 1. The van der Waals surface area contributed by atoms with Crippen LogP contribution in [-0.4, -0.2) is 6.21 Å². The summed E-state index contributed by atoms with van der Waals surface area (Å²) in [5.74, 6) is 0. The molecule has 1 N–H and O–H groups in total. The van der Waals surface area contributed by atoms with Crippen LogP contribution in [0.4, 0.5) is 0 Å². The van der Waals surface area contributed by atoms with Crippen LogP contribution in [0.5, 0.6) is 0 Å². The standard InChI is InChI=1S/C14H11Cl3N2/c15-11-6-4-10(5-7-11)8-18-19-9-12-13(16)2-1-3-14(12)17/h1-8,19H,9H2/b18-8+. The zero-order chi connectivity index (χ0) is 13.7. The Morgan fingerprint density at radius 2 is 1.58 bits per heavy atom. The molecule has 0 unspecified atom stereocenters. The molecular formula is C14H11Cl3N2. The van der Waals surface area contributed by atoms with E-state index < -0.39 is 0 Å². The number of hydrogen-bond donors (Lipinski definition) is 1. The highest BCUT2D eigenvalue weighted by atomic mass is 35.5. The van der Waals surface area contributed by atoms with Gasteiger partial charge in [0.15, 0.2) is 0 Å². The van der Waals surface area contributed by atoms with Gasteiger partial charge in [-0.25, -0.2) is 0 Å². The van der Waals surface area contributed by atoms with Crippen LogP contribution < -0.4 is 5.43 Å². The van der Waals surface area contributed by atoms with Crippen molar-refractivity contribution >= 4 is 41.0 Å². The highest BCUT2D eigenvalue weighted by Gasteiger charge is 2.03. The van der Waals surface area contributed by atoms with E-state index in [2.05, 4.69) is 10.5 Å². The van der Waals surface area contributed by atoms with Gasteiger partial charge in [0.05, 0.1) is 12.8 Å². The lowest BCUT2D eigenvalue weighted by Crippen LogP contribution is -2.06. The molecule has 2 rings (SSSR count). The summed E-state index contributed by atoms with van der Waals surface area (Å²) in [5, 5.41) is 6.07. The smallest absolute Gasteiger partial charge is 0.0609 e. The van der Waals surface area contributed by atoms with E-state index in [0.29, 0.717) is 21.6 Å². The van der Waals surface area contributed by atoms with E-state index in [1.165, 1.54) is 0 Å². The third kappa shape index (κ3) is 4.13. The van der Waals surface area contributed by atoms with Crippen LogP contribution in [0.2, 0.25) is 15.1 Å². The molecule has 0 spiro atoms. The molecule has 19 heavy (non-hydrogen) atoms. The molecule has 0 saturated heterocycles. The summed E-state index contributed by atoms with van der Waals surface area (Å²) in [5.41, 5.74) is 4.71. The molecule has 0 aliphatic carbocycles. The van der Waals surface area contributed by atoms with Crippen LogP contribution in [0.15, 0.2) is 47.6 Å². The van der Waals surface area contributed by atoms with Gasteiger partial charge < -0.3 is 5.43 Å². The lowest BCUT2D eigenvalue weighted by Gasteiger charge is -2.05. The van der Waals surface area contributed by atoms with Gasteiger partial charge in [0, 0.05) is 20.6 Å². The zero-order valence-corrected chi connectivity index (χ0v) is 12.2. The van der Waals surface area contributed by atoms with Gasteiger partial charge in [-0.2, -0.15) is 5.10 Å². The van der Waals surface area contributed by atoms with Gasteiger partial charge in [0.2, 0.25) is 0 Å². The van der Waals surface area contributed by atoms with Gasteiger partial charge in [0.1, 0.15) is 0 Å². The fourth-order valence-electron chi connectivity index (χ4n) is 1.49. The average molecular weight is 314 g/mol. The van der Waals surface area contributed by atoms with Gasteiger partial charge in [-0.3, -0.25) is 0 Å². The summed E-state index contributed by atoms with van der Waals surface area (Å²) in [7, 11) is 0. The van der Waals surface area contributed by atoms with E-state index in [-0.39, 0.29) is 0 Å². The van der Waals surface area contributed by atoms with Crippen LogP contribution in [0.25, 0.3) is 0 Å². The molecule has 5 heteroatoms. The molecule has 0 radical (unpaired) electrons. The molecule has 0 fully saturated rings. The summed E-state index contributed by atoms with van der Waals surface area (Å²) in [4.78, 5) is 0. The second kappa shape index (κ2) is 6.80. The van der Waals surface area contributed by atoms with Gasteiger partial charge in [-0.15, -0.1) is 0 Å². The molecule has 2 nitrogen and oxygen atoms in total. The second-order valence-corrected chi connectivity index (χ2v) is 5.10. The van der Waals surface area contributed by atoms with E-state index in [9.17, 15) is 0 Å². The van der Waals surface area contributed by atoms with Crippen molar-refractivity contribution in [3.63, 3.8) is 0 Å². The molecule has 2 aromatic rings. The quantitative estimate of drug-likeness (QED) is 0.638. The van der Waals surface area contributed by atoms with Crippen LogP contribution in [0, 0.1) is 0 Å². The number of benzene rings is 2. The first-order valence-electron chi connectivity index (χ1n) is 5.61. The minimum atomic E-state index is 0.475. The topological polar surface area (TPSA) is 24.4 Å². The molecule has 98 valence electrons. The van der Waals surface area contributed by atoms with Crippen LogP contribution >= 0.6 is 34.8 Å². The van der Waals surface area contributed by atoms with E-state index in [4.69, 9.17) is 34.8 Å². The van der Waals surface area contributed by atoms with Gasteiger partial charge in [-0.1, -0.05) is 53.0 Å². The summed E-state index contributed by atoms with van der Waals surface area (Å²) in [6.45, 7) is 0.475. The highest BCUT2D eigenvalue weighted by Crippen LogP contribution is 2.23. The summed E-state index contributed by atoms with van der Waals surface area (Å²) >= 11 is 17.9.